The number of rotatable bonds is 5. The average molecular weight is 323 g/mol. The van der Waals surface area contributed by atoms with Crippen molar-refractivity contribution in [3.8, 4) is 0 Å². The molecule has 0 unspecified atom stereocenters. The summed E-state index contributed by atoms with van der Waals surface area (Å²) >= 11 is 11.8. The van der Waals surface area contributed by atoms with Crippen molar-refractivity contribution in [1.29, 1.82) is 0 Å². The quantitative estimate of drug-likeness (QED) is 0.669. The maximum Gasteiger partial charge on any atom is 0.244 e. The molecule has 0 amide bonds. The molecule has 0 saturated heterocycles. The number of halogens is 2. The standard InChI is InChI=1S/C12H16Cl2N2O2S/c1-4-16(7-8(2)3)19(17,18)10-6-5-9(13)12(15)11(10)14/h5-6H,2,4,7,15H2,1,3H3. The molecular weight excluding hydrogens is 307 g/mol. The van der Waals surface area contributed by atoms with E-state index in [9.17, 15) is 8.42 Å². The van der Waals surface area contributed by atoms with Crippen molar-refractivity contribution < 1.29 is 8.42 Å². The molecule has 0 spiro atoms. The molecule has 0 saturated carbocycles. The zero-order valence-corrected chi connectivity index (χ0v) is 13.1. The normalized spacial score (nSPS) is 11.8. The van der Waals surface area contributed by atoms with Crippen molar-refractivity contribution in [3.05, 3.63) is 34.3 Å². The summed E-state index contributed by atoms with van der Waals surface area (Å²) in [4.78, 5) is -0.0424. The molecule has 19 heavy (non-hydrogen) atoms. The van der Waals surface area contributed by atoms with Crippen LogP contribution in [0.1, 0.15) is 13.8 Å². The number of anilines is 1. The van der Waals surface area contributed by atoms with Crippen LogP contribution in [0, 0.1) is 0 Å². The molecule has 7 heteroatoms. The SMILES string of the molecule is C=C(C)CN(CC)S(=O)(=O)c1ccc(Cl)c(N)c1Cl. The predicted molar refractivity (Wildman–Crippen MR) is 80.1 cm³/mol. The minimum absolute atomic E-state index is 0.0424. The summed E-state index contributed by atoms with van der Waals surface area (Å²) in [5.74, 6) is 0. The van der Waals surface area contributed by atoms with Crippen molar-refractivity contribution >= 4 is 38.9 Å². The van der Waals surface area contributed by atoms with Crippen LogP contribution in [-0.2, 0) is 10.0 Å². The predicted octanol–water partition coefficient (Wildman–Crippen LogP) is 3.16. The number of likely N-dealkylation sites (N-methyl/N-ethyl adjacent to an activating group) is 1. The van der Waals surface area contributed by atoms with E-state index in [-0.39, 0.29) is 27.2 Å². The van der Waals surface area contributed by atoms with Gasteiger partial charge in [0.25, 0.3) is 0 Å². The lowest BCUT2D eigenvalue weighted by Crippen LogP contribution is -2.32. The number of nitrogens with two attached hydrogens (primary N) is 1. The van der Waals surface area contributed by atoms with E-state index in [1.54, 1.807) is 13.8 Å². The number of hydrogen-bond acceptors (Lipinski definition) is 3. The number of nitrogen functional groups attached to an aromatic ring is 1. The van der Waals surface area contributed by atoms with Crippen LogP contribution in [0.2, 0.25) is 10.0 Å². The Balaban J connectivity index is 3.34. The molecule has 1 rings (SSSR count). The third-order valence-corrected chi connectivity index (χ3v) is 5.32. The number of nitrogens with zero attached hydrogens (tertiary/aromatic N) is 1. The maximum absolute atomic E-state index is 12.5. The Morgan fingerprint density at radius 1 is 1.42 bits per heavy atom. The molecule has 0 radical (unpaired) electrons. The van der Waals surface area contributed by atoms with E-state index in [0.717, 1.165) is 5.57 Å². The highest BCUT2D eigenvalue weighted by atomic mass is 35.5. The topological polar surface area (TPSA) is 63.4 Å². The fraction of sp³-hybridized carbons (Fsp3) is 0.333. The second kappa shape index (κ2) is 6.13. The van der Waals surface area contributed by atoms with Gasteiger partial charge in [-0.15, -0.1) is 0 Å². The van der Waals surface area contributed by atoms with E-state index in [0.29, 0.717) is 6.54 Å². The zero-order valence-electron chi connectivity index (χ0n) is 10.8. The fourth-order valence-corrected chi connectivity index (χ4v) is 3.80. The van der Waals surface area contributed by atoms with E-state index in [1.807, 2.05) is 0 Å². The van der Waals surface area contributed by atoms with Gasteiger partial charge < -0.3 is 5.73 Å². The van der Waals surface area contributed by atoms with Gasteiger partial charge in [-0.3, -0.25) is 0 Å². The molecule has 0 aliphatic heterocycles. The number of hydrogen-bond donors (Lipinski definition) is 1. The first-order valence-electron chi connectivity index (χ1n) is 5.59. The van der Waals surface area contributed by atoms with Gasteiger partial charge in [0.05, 0.1) is 15.7 Å². The summed E-state index contributed by atoms with van der Waals surface area (Å²) in [5, 5.41) is 0.180. The van der Waals surface area contributed by atoms with Crippen molar-refractivity contribution in [3.63, 3.8) is 0 Å². The highest BCUT2D eigenvalue weighted by Gasteiger charge is 2.26. The van der Waals surface area contributed by atoms with E-state index in [1.165, 1.54) is 16.4 Å². The Morgan fingerprint density at radius 3 is 2.47 bits per heavy atom. The molecule has 0 atom stereocenters. The molecule has 4 nitrogen and oxygen atoms in total. The van der Waals surface area contributed by atoms with E-state index >= 15 is 0 Å². The lowest BCUT2D eigenvalue weighted by Gasteiger charge is -2.21. The van der Waals surface area contributed by atoms with Gasteiger partial charge in [0.2, 0.25) is 10.0 Å². The zero-order chi connectivity index (χ0) is 14.8. The summed E-state index contributed by atoms with van der Waals surface area (Å²) in [6.45, 7) is 7.77. The molecule has 0 aromatic heterocycles. The molecular formula is C12H16Cl2N2O2S. The second-order valence-corrected chi connectivity index (χ2v) is 6.85. The Kier molecular flexibility index (Phi) is 5.26. The van der Waals surface area contributed by atoms with Gasteiger partial charge in [-0.1, -0.05) is 42.3 Å². The van der Waals surface area contributed by atoms with Gasteiger partial charge in [-0.05, 0) is 19.1 Å². The monoisotopic (exact) mass is 322 g/mol. The van der Waals surface area contributed by atoms with E-state index in [4.69, 9.17) is 28.9 Å². The van der Waals surface area contributed by atoms with Gasteiger partial charge in [-0.2, -0.15) is 4.31 Å². The Labute approximate surface area is 123 Å². The highest BCUT2D eigenvalue weighted by molar-refractivity contribution is 7.89. The summed E-state index contributed by atoms with van der Waals surface area (Å²) in [6, 6.07) is 2.78. The molecule has 1 aromatic carbocycles. The van der Waals surface area contributed by atoms with Crippen LogP contribution in [0.5, 0.6) is 0 Å². The Hall–Kier alpha value is -0.750. The van der Waals surface area contributed by atoms with Gasteiger partial charge in [0, 0.05) is 13.1 Å². The lowest BCUT2D eigenvalue weighted by atomic mass is 10.3. The summed E-state index contributed by atoms with van der Waals surface area (Å²) in [5.41, 5.74) is 6.46. The van der Waals surface area contributed by atoms with Gasteiger partial charge in [-0.25, -0.2) is 8.42 Å². The minimum atomic E-state index is -3.71. The number of sulfonamides is 1. The first-order chi connectivity index (χ1) is 8.71. The fourth-order valence-electron chi connectivity index (χ4n) is 1.56. The van der Waals surface area contributed by atoms with Crippen molar-refractivity contribution in [2.75, 3.05) is 18.8 Å². The first-order valence-corrected chi connectivity index (χ1v) is 7.79. The maximum atomic E-state index is 12.5. The largest absolute Gasteiger partial charge is 0.396 e. The third-order valence-electron chi connectivity index (χ3n) is 2.51. The molecule has 106 valence electrons. The molecule has 0 heterocycles. The Bertz CT molecular complexity index is 600. The second-order valence-electron chi connectivity index (χ2n) is 4.16. The van der Waals surface area contributed by atoms with Crippen molar-refractivity contribution in [1.82, 2.24) is 4.31 Å². The first kappa shape index (κ1) is 16.3. The van der Waals surface area contributed by atoms with Crippen LogP contribution in [0.25, 0.3) is 0 Å². The molecule has 0 aliphatic rings. The van der Waals surface area contributed by atoms with Crippen LogP contribution < -0.4 is 5.73 Å². The van der Waals surface area contributed by atoms with Crippen LogP contribution in [0.4, 0.5) is 5.69 Å². The number of benzene rings is 1. The third kappa shape index (κ3) is 3.42. The summed E-state index contributed by atoms with van der Waals surface area (Å²) in [7, 11) is -3.71. The average Bonchev–Trinajstić information content (AvgIpc) is 2.32. The summed E-state index contributed by atoms with van der Waals surface area (Å²) in [6.07, 6.45) is 0. The molecule has 0 fully saturated rings. The van der Waals surface area contributed by atoms with Gasteiger partial charge in [0.15, 0.2) is 0 Å². The van der Waals surface area contributed by atoms with Crippen LogP contribution in [-0.4, -0.2) is 25.8 Å². The molecule has 2 N–H and O–H groups in total. The van der Waals surface area contributed by atoms with Gasteiger partial charge >= 0.3 is 0 Å². The molecule has 1 aromatic rings. The molecule has 0 aliphatic carbocycles. The summed E-state index contributed by atoms with van der Waals surface area (Å²) < 4.78 is 26.3. The van der Waals surface area contributed by atoms with Crippen molar-refractivity contribution in [2.45, 2.75) is 18.7 Å². The van der Waals surface area contributed by atoms with Gasteiger partial charge in [0.1, 0.15) is 4.90 Å². The Morgan fingerprint density at radius 2 is 2.00 bits per heavy atom. The van der Waals surface area contributed by atoms with E-state index < -0.39 is 10.0 Å². The van der Waals surface area contributed by atoms with E-state index in [2.05, 4.69) is 6.58 Å². The van der Waals surface area contributed by atoms with Crippen LogP contribution in [0.3, 0.4) is 0 Å². The lowest BCUT2D eigenvalue weighted by molar-refractivity contribution is 0.453. The highest BCUT2D eigenvalue weighted by Crippen LogP contribution is 2.34. The minimum Gasteiger partial charge on any atom is -0.396 e. The van der Waals surface area contributed by atoms with Crippen LogP contribution >= 0.6 is 23.2 Å². The smallest absolute Gasteiger partial charge is 0.244 e. The van der Waals surface area contributed by atoms with Crippen molar-refractivity contribution in [2.24, 2.45) is 0 Å². The molecule has 0 bridgehead atoms. The van der Waals surface area contributed by atoms with Crippen LogP contribution in [0.15, 0.2) is 29.2 Å².